The van der Waals surface area contributed by atoms with Crippen molar-refractivity contribution in [2.45, 2.75) is 39.7 Å². The lowest BCUT2D eigenvalue weighted by Crippen LogP contribution is -2.20. The number of nitrogens with zero attached hydrogens (tertiary/aromatic N) is 4. The van der Waals surface area contributed by atoms with Crippen LogP contribution in [0.1, 0.15) is 30.9 Å². The summed E-state index contributed by atoms with van der Waals surface area (Å²) in [4.78, 5) is 13.5. The largest absolute Gasteiger partial charge is 0.324 e. The Hall–Kier alpha value is -3.02. The molecular formula is C20H23N5O. The van der Waals surface area contributed by atoms with E-state index in [2.05, 4.69) is 39.8 Å². The van der Waals surface area contributed by atoms with Crippen molar-refractivity contribution >= 4 is 11.6 Å². The molecule has 3 rings (SSSR count). The number of aryl methyl sites for hydroxylation is 2. The minimum atomic E-state index is -0.181. The monoisotopic (exact) mass is 349 g/mol. The maximum atomic E-state index is 12.2. The number of benzene rings is 2. The van der Waals surface area contributed by atoms with Crippen molar-refractivity contribution in [1.82, 2.24) is 20.2 Å². The van der Waals surface area contributed by atoms with Gasteiger partial charge < -0.3 is 5.32 Å². The highest BCUT2D eigenvalue weighted by atomic mass is 16.2. The molecule has 134 valence electrons. The third-order valence-corrected chi connectivity index (χ3v) is 4.10. The van der Waals surface area contributed by atoms with Crippen LogP contribution in [0.2, 0.25) is 0 Å². The molecule has 0 saturated carbocycles. The average Bonchev–Trinajstić information content (AvgIpc) is 3.10. The summed E-state index contributed by atoms with van der Waals surface area (Å²) in [5.74, 6) is 0.331. The van der Waals surface area contributed by atoms with Crippen LogP contribution in [0.5, 0.6) is 0 Å². The van der Waals surface area contributed by atoms with E-state index in [1.54, 1.807) is 0 Å². The fourth-order valence-corrected chi connectivity index (χ4v) is 2.59. The van der Waals surface area contributed by atoms with E-state index in [9.17, 15) is 4.79 Å². The maximum absolute atomic E-state index is 12.2. The number of tetrazole rings is 1. The molecule has 1 N–H and O–H groups in total. The van der Waals surface area contributed by atoms with E-state index in [1.807, 2.05) is 43.3 Å². The second-order valence-electron chi connectivity index (χ2n) is 6.36. The topological polar surface area (TPSA) is 72.7 Å². The van der Waals surface area contributed by atoms with Crippen LogP contribution in [-0.4, -0.2) is 26.1 Å². The first-order chi connectivity index (χ1) is 12.6. The van der Waals surface area contributed by atoms with Crippen molar-refractivity contribution in [2.24, 2.45) is 0 Å². The molecule has 0 aliphatic carbocycles. The predicted molar refractivity (Wildman–Crippen MR) is 102 cm³/mol. The Balaban J connectivity index is 1.57. The lowest BCUT2D eigenvalue weighted by Gasteiger charge is -2.06. The van der Waals surface area contributed by atoms with E-state index in [1.165, 1.54) is 28.8 Å². The van der Waals surface area contributed by atoms with Crippen LogP contribution in [0.3, 0.4) is 0 Å². The minimum absolute atomic E-state index is 0.0243. The second-order valence-corrected chi connectivity index (χ2v) is 6.36. The molecule has 0 aliphatic heterocycles. The number of carbonyl (C=O) groups excluding carboxylic acids is 1. The van der Waals surface area contributed by atoms with Gasteiger partial charge in [0, 0.05) is 11.3 Å². The number of carbonyl (C=O) groups is 1. The number of unbranched alkanes of at least 4 members (excludes halogenated alkanes) is 1. The molecule has 0 saturated heterocycles. The SMILES string of the molecule is CCCCc1ccc(NC(=O)Cn2nnc(-c3ccc(C)cc3)n2)cc1. The molecule has 1 heterocycles. The Morgan fingerprint density at radius 3 is 2.50 bits per heavy atom. The van der Waals surface area contributed by atoms with Crippen molar-refractivity contribution in [3.05, 3.63) is 59.7 Å². The zero-order valence-corrected chi connectivity index (χ0v) is 15.1. The molecule has 0 unspecified atom stereocenters. The number of nitrogens with one attached hydrogen (secondary N) is 1. The quantitative estimate of drug-likeness (QED) is 0.707. The van der Waals surface area contributed by atoms with Crippen molar-refractivity contribution < 1.29 is 4.79 Å². The highest BCUT2D eigenvalue weighted by molar-refractivity contribution is 5.90. The Kier molecular flexibility index (Phi) is 5.73. The molecule has 26 heavy (non-hydrogen) atoms. The molecule has 6 nitrogen and oxygen atoms in total. The van der Waals surface area contributed by atoms with Gasteiger partial charge in [-0.1, -0.05) is 55.3 Å². The number of rotatable bonds is 7. The van der Waals surface area contributed by atoms with E-state index in [0.29, 0.717) is 5.82 Å². The fraction of sp³-hybridized carbons (Fsp3) is 0.300. The third-order valence-electron chi connectivity index (χ3n) is 4.10. The maximum Gasteiger partial charge on any atom is 0.248 e. The first-order valence-corrected chi connectivity index (χ1v) is 8.87. The van der Waals surface area contributed by atoms with Crippen LogP contribution < -0.4 is 5.32 Å². The third kappa shape index (κ3) is 4.75. The number of amides is 1. The Labute approximate surface area is 153 Å². The van der Waals surface area contributed by atoms with Crippen LogP contribution >= 0.6 is 0 Å². The lowest BCUT2D eigenvalue weighted by atomic mass is 10.1. The van der Waals surface area contributed by atoms with Crippen molar-refractivity contribution in [3.63, 3.8) is 0 Å². The van der Waals surface area contributed by atoms with E-state index >= 15 is 0 Å². The summed E-state index contributed by atoms with van der Waals surface area (Å²) >= 11 is 0. The smallest absolute Gasteiger partial charge is 0.248 e. The molecule has 1 amide bonds. The van der Waals surface area contributed by atoms with Gasteiger partial charge in [0.15, 0.2) is 0 Å². The van der Waals surface area contributed by atoms with Crippen LogP contribution in [0, 0.1) is 6.92 Å². The van der Waals surface area contributed by atoms with Crippen LogP contribution in [0.15, 0.2) is 48.5 Å². The van der Waals surface area contributed by atoms with Gasteiger partial charge in [-0.15, -0.1) is 10.2 Å². The first-order valence-electron chi connectivity index (χ1n) is 8.87. The number of hydrogen-bond donors (Lipinski definition) is 1. The van der Waals surface area contributed by atoms with Gasteiger partial charge in [0.05, 0.1) is 0 Å². The molecule has 3 aromatic rings. The Bertz CT molecular complexity index is 853. The molecule has 1 aromatic heterocycles. The summed E-state index contributed by atoms with van der Waals surface area (Å²) in [6, 6.07) is 15.8. The summed E-state index contributed by atoms with van der Waals surface area (Å²) in [5, 5.41) is 15.1. The van der Waals surface area contributed by atoms with Crippen LogP contribution in [0.25, 0.3) is 11.4 Å². The summed E-state index contributed by atoms with van der Waals surface area (Å²) < 4.78 is 0. The van der Waals surface area contributed by atoms with Gasteiger partial charge in [-0.25, -0.2) is 0 Å². The van der Waals surface area contributed by atoms with E-state index < -0.39 is 0 Å². The standard InChI is InChI=1S/C20H23N5O/c1-3-4-5-16-8-12-18(13-9-16)21-19(26)14-25-23-20(22-24-25)17-10-6-15(2)7-11-17/h6-13H,3-5,14H2,1-2H3,(H,21,26). The zero-order chi connectivity index (χ0) is 18.4. The highest BCUT2D eigenvalue weighted by Crippen LogP contribution is 2.14. The van der Waals surface area contributed by atoms with Crippen LogP contribution in [0.4, 0.5) is 5.69 Å². The number of aromatic nitrogens is 4. The van der Waals surface area contributed by atoms with E-state index in [4.69, 9.17) is 0 Å². The average molecular weight is 349 g/mol. The summed E-state index contributed by atoms with van der Waals surface area (Å²) in [6.45, 7) is 4.22. The van der Waals surface area contributed by atoms with Crippen molar-refractivity contribution in [3.8, 4) is 11.4 Å². The fourth-order valence-electron chi connectivity index (χ4n) is 2.59. The number of hydrogen-bond acceptors (Lipinski definition) is 4. The van der Waals surface area contributed by atoms with Gasteiger partial charge in [-0.05, 0) is 42.7 Å². The molecule has 6 heteroatoms. The predicted octanol–water partition coefficient (Wildman–Crippen LogP) is 3.63. The first kappa shape index (κ1) is 17.8. The van der Waals surface area contributed by atoms with Gasteiger partial charge >= 0.3 is 0 Å². The van der Waals surface area contributed by atoms with Gasteiger partial charge in [0.25, 0.3) is 0 Å². The molecule has 0 bridgehead atoms. The van der Waals surface area contributed by atoms with E-state index in [0.717, 1.165) is 17.7 Å². The molecule has 0 fully saturated rings. The minimum Gasteiger partial charge on any atom is -0.324 e. The lowest BCUT2D eigenvalue weighted by molar-refractivity contribution is -0.117. The van der Waals surface area contributed by atoms with Gasteiger partial charge in [0.2, 0.25) is 11.7 Å². The van der Waals surface area contributed by atoms with E-state index in [-0.39, 0.29) is 12.5 Å². The number of anilines is 1. The molecular weight excluding hydrogens is 326 g/mol. The molecule has 0 spiro atoms. The van der Waals surface area contributed by atoms with Crippen molar-refractivity contribution in [2.75, 3.05) is 5.32 Å². The van der Waals surface area contributed by atoms with Crippen LogP contribution in [-0.2, 0) is 17.8 Å². The molecule has 2 aromatic carbocycles. The summed E-state index contributed by atoms with van der Waals surface area (Å²) in [7, 11) is 0. The summed E-state index contributed by atoms with van der Waals surface area (Å²) in [6.07, 6.45) is 3.41. The molecule has 0 atom stereocenters. The molecule has 0 aliphatic rings. The highest BCUT2D eigenvalue weighted by Gasteiger charge is 2.09. The molecule has 0 radical (unpaired) electrons. The zero-order valence-electron chi connectivity index (χ0n) is 15.1. The summed E-state index contributed by atoms with van der Waals surface area (Å²) in [5.41, 5.74) is 4.10. The normalized spacial score (nSPS) is 10.7. The second kappa shape index (κ2) is 8.38. The Morgan fingerprint density at radius 2 is 1.81 bits per heavy atom. The van der Waals surface area contributed by atoms with Gasteiger partial charge in [-0.2, -0.15) is 4.80 Å². The van der Waals surface area contributed by atoms with Gasteiger partial charge in [-0.3, -0.25) is 4.79 Å². The Morgan fingerprint density at radius 1 is 1.08 bits per heavy atom. The van der Waals surface area contributed by atoms with Crippen molar-refractivity contribution in [1.29, 1.82) is 0 Å². The van der Waals surface area contributed by atoms with Gasteiger partial charge in [0.1, 0.15) is 6.54 Å².